The van der Waals surface area contributed by atoms with E-state index in [0.29, 0.717) is 24.7 Å². The summed E-state index contributed by atoms with van der Waals surface area (Å²) in [5.74, 6) is 1.05. The molecule has 0 aliphatic rings. The van der Waals surface area contributed by atoms with Gasteiger partial charge in [-0.2, -0.15) is 0 Å². The summed E-state index contributed by atoms with van der Waals surface area (Å²) in [6, 6.07) is 12.0. The van der Waals surface area contributed by atoms with Gasteiger partial charge in [-0.05, 0) is 49.8 Å². The van der Waals surface area contributed by atoms with E-state index < -0.39 is 0 Å². The molecule has 0 fully saturated rings. The maximum absolute atomic E-state index is 12.1. The van der Waals surface area contributed by atoms with E-state index in [0.717, 1.165) is 5.56 Å². The molecule has 4 nitrogen and oxygen atoms in total. The normalized spacial score (nSPS) is 10.7. The molecule has 0 radical (unpaired) electrons. The lowest BCUT2D eigenvalue weighted by atomic mass is 10.1. The van der Waals surface area contributed by atoms with E-state index >= 15 is 0 Å². The van der Waals surface area contributed by atoms with E-state index in [1.807, 2.05) is 32.0 Å². The number of phenolic OH excluding ortho intramolecular Hbond substituents is 1. The third kappa shape index (κ3) is 4.36. The number of ether oxygens (including phenoxy) is 2. The van der Waals surface area contributed by atoms with Crippen molar-refractivity contribution < 1.29 is 19.4 Å². The second-order valence-corrected chi connectivity index (χ2v) is 4.79. The highest BCUT2D eigenvalue weighted by molar-refractivity contribution is 6.08. The van der Waals surface area contributed by atoms with Crippen LogP contribution in [0.5, 0.6) is 17.2 Å². The first-order chi connectivity index (χ1) is 11.2. The van der Waals surface area contributed by atoms with Crippen LogP contribution in [0.1, 0.15) is 29.8 Å². The average Bonchev–Trinajstić information content (AvgIpc) is 2.55. The molecule has 0 bridgehead atoms. The highest BCUT2D eigenvalue weighted by Gasteiger charge is 2.08. The fourth-order valence-corrected chi connectivity index (χ4v) is 2.12. The summed E-state index contributed by atoms with van der Waals surface area (Å²) >= 11 is 0. The standard InChI is InChI=1S/C19H20O4/c1-3-22-18-12-10-14(13-19(18)23-4-2)9-11-17(21)15-7-5-6-8-16(15)20/h5-13,20H,3-4H2,1-2H3/b11-9+. The Morgan fingerprint density at radius 2 is 1.74 bits per heavy atom. The molecule has 2 aromatic carbocycles. The van der Waals surface area contributed by atoms with Crippen LogP contribution in [0.2, 0.25) is 0 Å². The van der Waals surface area contributed by atoms with Crippen LogP contribution < -0.4 is 9.47 Å². The summed E-state index contributed by atoms with van der Waals surface area (Å²) in [6.07, 6.45) is 3.12. The van der Waals surface area contributed by atoms with Crippen LogP contribution in [-0.2, 0) is 0 Å². The second kappa shape index (κ2) is 8.03. The first-order valence-corrected chi connectivity index (χ1v) is 7.55. The number of ketones is 1. The zero-order valence-electron chi connectivity index (χ0n) is 13.3. The van der Waals surface area contributed by atoms with Crippen molar-refractivity contribution >= 4 is 11.9 Å². The molecule has 0 saturated carbocycles. The van der Waals surface area contributed by atoms with E-state index in [9.17, 15) is 9.90 Å². The minimum absolute atomic E-state index is 0.0242. The summed E-state index contributed by atoms with van der Waals surface area (Å²) in [5.41, 5.74) is 1.10. The Morgan fingerprint density at radius 3 is 2.43 bits per heavy atom. The fourth-order valence-electron chi connectivity index (χ4n) is 2.12. The molecule has 0 unspecified atom stereocenters. The number of aromatic hydroxyl groups is 1. The minimum atomic E-state index is -0.255. The van der Waals surface area contributed by atoms with Crippen LogP contribution in [0.15, 0.2) is 48.5 Å². The third-order valence-corrected chi connectivity index (χ3v) is 3.16. The second-order valence-electron chi connectivity index (χ2n) is 4.79. The Balaban J connectivity index is 2.20. The maximum Gasteiger partial charge on any atom is 0.189 e. The lowest BCUT2D eigenvalue weighted by Gasteiger charge is -2.11. The molecule has 0 aliphatic carbocycles. The van der Waals surface area contributed by atoms with E-state index in [4.69, 9.17) is 9.47 Å². The number of rotatable bonds is 7. The molecule has 23 heavy (non-hydrogen) atoms. The molecule has 0 aromatic heterocycles. The van der Waals surface area contributed by atoms with Gasteiger partial charge in [-0.15, -0.1) is 0 Å². The van der Waals surface area contributed by atoms with Crippen molar-refractivity contribution in [3.63, 3.8) is 0 Å². The molecular formula is C19H20O4. The molecule has 2 aromatic rings. The van der Waals surface area contributed by atoms with Crippen molar-refractivity contribution in [3.05, 3.63) is 59.7 Å². The zero-order valence-corrected chi connectivity index (χ0v) is 13.3. The first kappa shape index (κ1) is 16.6. The molecule has 1 N–H and O–H groups in total. The molecule has 0 aliphatic heterocycles. The number of hydrogen-bond donors (Lipinski definition) is 1. The van der Waals surface area contributed by atoms with Crippen molar-refractivity contribution in [3.8, 4) is 17.2 Å². The van der Waals surface area contributed by atoms with Gasteiger partial charge in [-0.3, -0.25) is 4.79 Å². The molecular weight excluding hydrogens is 292 g/mol. The molecule has 0 atom stereocenters. The van der Waals surface area contributed by atoms with Gasteiger partial charge < -0.3 is 14.6 Å². The Kier molecular flexibility index (Phi) is 5.80. The van der Waals surface area contributed by atoms with Gasteiger partial charge in [0.2, 0.25) is 0 Å². The fraction of sp³-hybridized carbons (Fsp3) is 0.211. The number of hydrogen-bond acceptors (Lipinski definition) is 4. The number of para-hydroxylation sites is 1. The van der Waals surface area contributed by atoms with Crippen LogP contribution in [0.4, 0.5) is 0 Å². The minimum Gasteiger partial charge on any atom is -0.507 e. The molecule has 0 saturated heterocycles. The molecule has 0 amide bonds. The summed E-state index contributed by atoms with van der Waals surface area (Å²) in [4.78, 5) is 12.1. The van der Waals surface area contributed by atoms with Crippen molar-refractivity contribution in [2.24, 2.45) is 0 Å². The van der Waals surface area contributed by atoms with Gasteiger partial charge in [0.25, 0.3) is 0 Å². The van der Waals surface area contributed by atoms with E-state index in [2.05, 4.69) is 0 Å². The SMILES string of the molecule is CCOc1ccc(/C=C/C(=O)c2ccccc2O)cc1OCC. The average molecular weight is 312 g/mol. The quantitative estimate of drug-likeness (QED) is 0.618. The maximum atomic E-state index is 12.1. The van der Waals surface area contributed by atoms with Gasteiger partial charge in [0.1, 0.15) is 5.75 Å². The third-order valence-electron chi connectivity index (χ3n) is 3.16. The lowest BCUT2D eigenvalue weighted by Crippen LogP contribution is -1.98. The van der Waals surface area contributed by atoms with Crippen molar-refractivity contribution in [1.82, 2.24) is 0 Å². The van der Waals surface area contributed by atoms with Crippen LogP contribution in [0, 0.1) is 0 Å². The van der Waals surface area contributed by atoms with Crippen LogP contribution in [0.25, 0.3) is 6.08 Å². The Hall–Kier alpha value is -2.75. The number of carbonyl (C=O) groups excluding carboxylic acids is 1. The van der Waals surface area contributed by atoms with Gasteiger partial charge >= 0.3 is 0 Å². The summed E-state index contributed by atoms with van der Waals surface area (Å²) < 4.78 is 11.1. The lowest BCUT2D eigenvalue weighted by molar-refractivity contribution is 0.104. The summed E-state index contributed by atoms with van der Waals surface area (Å²) in [7, 11) is 0. The van der Waals surface area contributed by atoms with E-state index in [-0.39, 0.29) is 17.1 Å². The van der Waals surface area contributed by atoms with Crippen LogP contribution >= 0.6 is 0 Å². The smallest absolute Gasteiger partial charge is 0.189 e. The topological polar surface area (TPSA) is 55.8 Å². The number of allylic oxidation sites excluding steroid dienone is 1. The molecule has 120 valence electrons. The van der Waals surface area contributed by atoms with E-state index in [1.54, 1.807) is 24.3 Å². The number of phenols is 1. The van der Waals surface area contributed by atoms with Crippen LogP contribution in [0.3, 0.4) is 0 Å². The predicted molar refractivity (Wildman–Crippen MR) is 90.3 cm³/mol. The highest BCUT2D eigenvalue weighted by Crippen LogP contribution is 2.29. The van der Waals surface area contributed by atoms with E-state index in [1.165, 1.54) is 12.1 Å². The molecule has 0 spiro atoms. The number of benzene rings is 2. The van der Waals surface area contributed by atoms with Crippen molar-refractivity contribution in [1.29, 1.82) is 0 Å². The molecule has 0 heterocycles. The van der Waals surface area contributed by atoms with Gasteiger partial charge in [0.05, 0.1) is 18.8 Å². The predicted octanol–water partition coefficient (Wildman–Crippen LogP) is 4.09. The largest absolute Gasteiger partial charge is 0.507 e. The van der Waals surface area contributed by atoms with Crippen molar-refractivity contribution in [2.75, 3.05) is 13.2 Å². The molecule has 4 heteroatoms. The summed E-state index contributed by atoms with van der Waals surface area (Å²) in [6.45, 7) is 4.90. The Labute approximate surface area is 136 Å². The zero-order chi connectivity index (χ0) is 16.7. The Bertz CT molecular complexity index is 704. The van der Waals surface area contributed by atoms with Crippen molar-refractivity contribution in [2.45, 2.75) is 13.8 Å². The van der Waals surface area contributed by atoms with Crippen LogP contribution in [-0.4, -0.2) is 24.1 Å². The van der Waals surface area contributed by atoms with Gasteiger partial charge in [0.15, 0.2) is 17.3 Å². The van der Waals surface area contributed by atoms with Gasteiger partial charge in [-0.1, -0.05) is 24.3 Å². The first-order valence-electron chi connectivity index (χ1n) is 7.55. The van der Waals surface area contributed by atoms with Gasteiger partial charge in [-0.25, -0.2) is 0 Å². The summed E-state index contributed by atoms with van der Waals surface area (Å²) in [5, 5.41) is 9.70. The highest BCUT2D eigenvalue weighted by atomic mass is 16.5. The molecule has 2 rings (SSSR count). The monoisotopic (exact) mass is 312 g/mol. The van der Waals surface area contributed by atoms with Gasteiger partial charge in [0, 0.05) is 0 Å². The number of carbonyl (C=O) groups is 1. The Morgan fingerprint density at radius 1 is 1.04 bits per heavy atom.